The van der Waals surface area contributed by atoms with Crippen LogP contribution in [-0.4, -0.2) is 7.11 Å². The van der Waals surface area contributed by atoms with Gasteiger partial charge in [-0.25, -0.2) is 0 Å². The number of fused-ring (bicyclic) bond motifs is 5. The van der Waals surface area contributed by atoms with E-state index in [-0.39, 0.29) is 6.04 Å². The molecule has 0 bridgehead atoms. The van der Waals surface area contributed by atoms with Crippen molar-refractivity contribution in [1.82, 2.24) is 0 Å². The van der Waals surface area contributed by atoms with Crippen LogP contribution in [-0.2, 0) is 0 Å². The molecule has 0 saturated heterocycles. The Bertz CT molecular complexity index is 554. The van der Waals surface area contributed by atoms with Gasteiger partial charge in [-0.1, -0.05) is 19.4 Å². The van der Waals surface area contributed by atoms with Crippen LogP contribution in [0.15, 0.2) is 18.2 Å². The van der Waals surface area contributed by atoms with Crippen molar-refractivity contribution in [2.24, 2.45) is 23.0 Å². The Morgan fingerprint density at radius 2 is 2.05 bits per heavy atom. The van der Waals surface area contributed by atoms with E-state index in [4.69, 9.17) is 10.5 Å². The molecular formula is C19H27NO. The largest absolute Gasteiger partial charge is 0.497 e. The molecule has 114 valence electrons. The van der Waals surface area contributed by atoms with Gasteiger partial charge in [0.25, 0.3) is 0 Å². The van der Waals surface area contributed by atoms with Gasteiger partial charge in [-0.3, -0.25) is 0 Å². The first-order valence-corrected chi connectivity index (χ1v) is 8.56. The van der Waals surface area contributed by atoms with Gasteiger partial charge >= 0.3 is 0 Å². The summed E-state index contributed by atoms with van der Waals surface area (Å²) in [6.07, 6.45) is 8.21. The van der Waals surface area contributed by atoms with Crippen molar-refractivity contribution in [2.45, 2.75) is 57.4 Å². The van der Waals surface area contributed by atoms with E-state index in [1.807, 2.05) is 0 Å². The molecule has 1 aromatic carbocycles. The van der Waals surface area contributed by atoms with E-state index in [2.05, 4.69) is 25.1 Å². The number of hydrogen-bond acceptors (Lipinski definition) is 2. The average molecular weight is 285 g/mol. The summed E-state index contributed by atoms with van der Waals surface area (Å²) in [5.41, 5.74) is 10.0. The van der Waals surface area contributed by atoms with E-state index in [0.29, 0.717) is 5.41 Å². The molecule has 2 nitrogen and oxygen atoms in total. The second kappa shape index (κ2) is 4.74. The lowest BCUT2D eigenvalue weighted by molar-refractivity contribution is 0.0541. The van der Waals surface area contributed by atoms with Gasteiger partial charge < -0.3 is 10.5 Å². The smallest absolute Gasteiger partial charge is 0.119 e. The van der Waals surface area contributed by atoms with E-state index in [0.717, 1.165) is 23.5 Å². The van der Waals surface area contributed by atoms with Crippen molar-refractivity contribution in [3.05, 3.63) is 29.3 Å². The van der Waals surface area contributed by atoms with Crippen molar-refractivity contribution < 1.29 is 4.74 Å². The Morgan fingerprint density at radius 3 is 2.86 bits per heavy atom. The Balaban J connectivity index is 1.74. The summed E-state index contributed by atoms with van der Waals surface area (Å²) >= 11 is 0. The van der Waals surface area contributed by atoms with Crippen LogP contribution in [0.1, 0.15) is 68.5 Å². The molecule has 0 aliphatic heterocycles. The first-order valence-electron chi connectivity index (χ1n) is 8.56. The van der Waals surface area contributed by atoms with E-state index in [9.17, 15) is 0 Å². The van der Waals surface area contributed by atoms with Crippen molar-refractivity contribution in [1.29, 1.82) is 0 Å². The molecule has 2 heteroatoms. The van der Waals surface area contributed by atoms with Gasteiger partial charge in [-0.05, 0) is 78.5 Å². The molecule has 0 amide bonds. The minimum Gasteiger partial charge on any atom is -0.497 e. The third kappa shape index (κ3) is 1.95. The van der Waals surface area contributed by atoms with Crippen LogP contribution in [0.5, 0.6) is 5.75 Å². The van der Waals surface area contributed by atoms with Crippen molar-refractivity contribution in [3.63, 3.8) is 0 Å². The standard InChI is InChI=1S/C19H27NO/c1-19-8-3-4-17(19)15-11-18(20)16-10-12(21-2)5-6-13(16)14(15)7-9-19/h5-6,10,14-15,17-18H,3-4,7-9,11,20H2,1-2H3/t14-,15-,17+,18-,19+/m1/s1. The van der Waals surface area contributed by atoms with Crippen LogP contribution in [0.2, 0.25) is 0 Å². The van der Waals surface area contributed by atoms with Crippen LogP contribution >= 0.6 is 0 Å². The second-order valence-corrected chi connectivity index (χ2v) is 7.80. The molecule has 0 unspecified atom stereocenters. The van der Waals surface area contributed by atoms with Gasteiger partial charge in [0.05, 0.1) is 7.11 Å². The van der Waals surface area contributed by atoms with E-state index >= 15 is 0 Å². The number of rotatable bonds is 1. The topological polar surface area (TPSA) is 35.2 Å². The molecule has 0 heterocycles. The predicted molar refractivity (Wildman–Crippen MR) is 85.5 cm³/mol. The van der Waals surface area contributed by atoms with E-state index < -0.39 is 0 Å². The highest BCUT2D eigenvalue weighted by Gasteiger charge is 2.51. The minimum atomic E-state index is 0.194. The fourth-order valence-electron chi connectivity index (χ4n) is 5.75. The van der Waals surface area contributed by atoms with Gasteiger partial charge in [0.2, 0.25) is 0 Å². The molecule has 2 saturated carbocycles. The molecule has 3 aliphatic rings. The van der Waals surface area contributed by atoms with Crippen molar-refractivity contribution in [3.8, 4) is 5.75 Å². The zero-order chi connectivity index (χ0) is 14.6. The Hall–Kier alpha value is -1.02. The van der Waals surface area contributed by atoms with Gasteiger partial charge in [0, 0.05) is 6.04 Å². The summed E-state index contributed by atoms with van der Waals surface area (Å²) in [6, 6.07) is 6.79. The molecule has 1 aromatic rings. The zero-order valence-electron chi connectivity index (χ0n) is 13.3. The number of benzene rings is 1. The number of ether oxygens (including phenoxy) is 1. The molecule has 3 aliphatic carbocycles. The monoisotopic (exact) mass is 285 g/mol. The lowest BCUT2D eigenvalue weighted by Crippen LogP contribution is -2.41. The fourth-order valence-corrected chi connectivity index (χ4v) is 5.75. The lowest BCUT2D eigenvalue weighted by Gasteiger charge is -2.50. The first-order chi connectivity index (χ1) is 10.1. The summed E-state index contributed by atoms with van der Waals surface area (Å²) in [4.78, 5) is 0. The summed E-state index contributed by atoms with van der Waals surface area (Å²) < 4.78 is 5.39. The summed E-state index contributed by atoms with van der Waals surface area (Å²) in [5.74, 6) is 3.39. The molecule has 4 rings (SSSR count). The first kappa shape index (κ1) is 13.6. The summed E-state index contributed by atoms with van der Waals surface area (Å²) in [5, 5.41) is 0. The Morgan fingerprint density at radius 1 is 1.19 bits per heavy atom. The van der Waals surface area contributed by atoms with Crippen LogP contribution in [0, 0.1) is 17.3 Å². The zero-order valence-corrected chi connectivity index (χ0v) is 13.3. The molecule has 0 radical (unpaired) electrons. The summed E-state index contributed by atoms with van der Waals surface area (Å²) in [7, 11) is 1.74. The molecule has 2 fully saturated rings. The van der Waals surface area contributed by atoms with Crippen molar-refractivity contribution in [2.75, 3.05) is 7.11 Å². The van der Waals surface area contributed by atoms with Crippen LogP contribution in [0.3, 0.4) is 0 Å². The normalized spacial score (nSPS) is 41.1. The molecule has 0 aromatic heterocycles. The van der Waals surface area contributed by atoms with E-state index in [1.54, 1.807) is 7.11 Å². The molecular weight excluding hydrogens is 258 g/mol. The average Bonchev–Trinajstić information content (AvgIpc) is 2.89. The maximum absolute atomic E-state index is 6.55. The van der Waals surface area contributed by atoms with Gasteiger partial charge in [-0.2, -0.15) is 0 Å². The maximum atomic E-state index is 6.55. The molecule has 0 spiro atoms. The molecule has 5 atom stereocenters. The summed E-state index contributed by atoms with van der Waals surface area (Å²) in [6.45, 7) is 2.54. The third-order valence-electron chi connectivity index (χ3n) is 6.84. The van der Waals surface area contributed by atoms with Crippen LogP contribution < -0.4 is 10.5 Å². The highest BCUT2D eigenvalue weighted by atomic mass is 16.5. The molecule has 2 N–H and O–H groups in total. The van der Waals surface area contributed by atoms with Gasteiger partial charge in [-0.15, -0.1) is 0 Å². The Labute approximate surface area is 128 Å². The highest BCUT2D eigenvalue weighted by molar-refractivity contribution is 5.42. The van der Waals surface area contributed by atoms with Crippen LogP contribution in [0.4, 0.5) is 0 Å². The quantitative estimate of drug-likeness (QED) is 0.830. The van der Waals surface area contributed by atoms with Gasteiger partial charge in [0.15, 0.2) is 0 Å². The fraction of sp³-hybridized carbons (Fsp3) is 0.684. The van der Waals surface area contributed by atoms with E-state index in [1.165, 1.54) is 49.7 Å². The lowest BCUT2D eigenvalue weighted by atomic mass is 9.55. The Kier molecular flexibility index (Phi) is 3.08. The van der Waals surface area contributed by atoms with Crippen LogP contribution in [0.25, 0.3) is 0 Å². The minimum absolute atomic E-state index is 0.194. The second-order valence-electron chi connectivity index (χ2n) is 7.80. The number of methoxy groups -OCH3 is 1. The highest BCUT2D eigenvalue weighted by Crippen LogP contribution is 2.61. The number of hydrogen-bond donors (Lipinski definition) is 1. The predicted octanol–water partition coefficient (Wildman–Crippen LogP) is 4.40. The molecule has 21 heavy (non-hydrogen) atoms. The maximum Gasteiger partial charge on any atom is 0.119 e. The SMILES string of the molecule is COc1ccc2c(c1)[C@H](N)C[C@@H]1[C@@H]2CC[C@]2(C)CCC[C@@H]12. The third-order valence-corrected chi connectivity index (χ3v) is 6.84. The van der Waals surface area contributed by atoms with Crippen molar-refractivity contribution >= 4 is 0 Å². The number of nitrogens with two attached hydrogens (primary N) is 1. The van der Waals surface area contributed by atoms with Gasteiger partial charge in [0.1, 0.15) is 5.75 Å².